The van der Waals surface area contributed by atoms with E-state index in [2.05, 4.69) is 0 Å². The van der Waals surface area contributed by atoms with Crippen LogP contribution in [0.1, 0.15) is 17.2 Å². The smallest absolute Gasteiger partial charge is 0.126 e. The minimum atomic E-state index is -0.541. The molecule has 2 radical (unpaired) electrons. The number of nitrogens with zero attached hydrogens (tertiary/aromatic N) is 2. The van der Waals surface area contributed by atoms with E-state index in [1.165, 1.54) is 13.0 Å². The molecule has 0 aliphatic rings. The van der Waals surface area contributed by atoms with Gasteiger partial charge in [-0.05, 0) is 12.5 Å². The van der Waals surface area contributed by atoms with Crippen molar-refractivity contribution in [2.24, 2.45) is 0 Å². The minimum Gasteiger partial charge on any atom is -0.550 e. The van der Waals surface area contributed by atoms with Crippen molar-refractivity contribution in [1.29, 1.82) is 5.26 Å². The lowest BCUT2D eigenvalue weighted by molar-refractivity contribution is -0.782. The van der Waals surface area contributed by atoms with Gasteiger partial charge in [0.25, 0.3) is 0 Å². The second-order valence-corrected chi connectivity index (χ2v) is 4.65. The number of hydrogen-bond donors (Lipinski definition) is 1. The number of aliphatic hydroxyl groups is 1. The number of quaternary nitrogens is 1. The van der Waals surface area contributed by atoms with Gasteiger partial charge in [0.2, 0.25) is 0 Å². The normalized spacial score (nSPS) is 13.2. The summed E-state index contributed by atoms with van der Waals surface area (Å²) < 4.78 is 0.380. The van der Waals surface area contributed by atoms with Gasteiger partial charge < -0.3 is 9.50 Å². The molecular formula is C12H17BN2O. The van der Waals surface area contributed by atoms with Crippen LogP contribution in [0.5, 0.6) is 0 Å². The molecule has 0 saturated heterocycles. The summed E-state index contributed by atoms with van der Waals surface area (Å²) in [5, 5.41) is 18.6. The van der Waals surface area contributed by atoms with Gasteiger partial charge in [0.15, 0.2) is 0 Å². The van der Waals surface area contributed by atoms with E-state index in [4.69, 9.17) is 5.26 Å². The maximum absolute atomic E-state index is 10.0. The molecule has 1 unspecified atom stereocenters. The average molecular weight is 216 g/mol. The highest BCUT2D eigenvalue weighted by molar-refractivity contribution is 6.36. The topological polar surface area (TPSA) is 44.0 Å². The number of aliphatic hydroxyl groups excluding tert-OH is 1. The van der Waals surface area contributed by atoms with E-state index in [0.29, 0.717) is 10.9 Å². The fraction of sp³-hybridized carbons (Fsp3) is 0.417. The molecule has 0 spiro atoms. The molecule has 1 rings (SSSR count). The van der Waals surface area contributed by atoms with Crippen LogP contribution >= 0.6 is 0 Å². The Morgan fingerprint density at radius 2 is 1.94 bits per heavy atom. The highest BCUT2D eigenvalue weighted by atomic mass is 16.3. The summed E-state index contributed by atoms with van der Waals surface area (Å²) in [6.07, 6.45) is -0.541. The Hall–Kier alpha value is -1.31. The molecule has 0 saturated carbocycles. The standard InChI is InChI=1S/C12H17BN2O/c1-10-4-6-11(7-5-10)12(16)8-15(2,3)13-9-14/h4-7,12,16H,8H2,1-3H3. The lowest BCUT2D eigenvalue weighted by atomic mass is 9.90. The van der Waals surface area contributed by atoms with Crippen molar-refractivity contribution in [2.75, 3.05) is 20.6 Å². The number of likely N-dealkylation sites (N-methyl/N-ethyl adjacent to an activating group) is 1. The molecule has 84 valence electrons. The van der Waals surface area contributed by atoms with Gasteiger partial charge in [0.1, 0.15) is 13.5 Å². The van der Waals surface area contributed by atoms with Crippen LogP contribution in [0.15, 0.2) is 24.3 Å². The van der Waals surface area contributed by atoms with Crippen molar-refractivity contribution in [2.45, 2.75) is 13.0 Å². The highest BCUT2D eigenvalue weighted by Gasteiger charge is 2.14. The first-order chi connectivity index (χ1) is 7.44. The summed E-state index contributed by atoms with van der Waals surface area (Å²) in [5.41, 5.74) is 2.07. The van der Waals surface area contributed by atoms with E-state index in [9.17, 15) is 5.11 Å². The zero-order chi connectivity index (χ0) is 12.2. The quantitative estimate of drug-likeness (QED) is 0.768. The van der Waals surface area contributed by atoms with Crippen LogP contribution in [0, 0.1) is 18.2 Å². The van der Waals surface area contributed by atoms with E-state index in [0.717, 1.165) is 5.56 Å². The SMILES string of the molecule is Cc1ccc(C(O)C[N+](C)(C)[B-]C#N)cc1. The summed E-state index contributed by atoms with van der Waals surface area (Å²) in [7, 11) is 5.29. The largest absolute Gasteiger partial charge is 0.550 e. The third-order valence-electron chi connectivity index (χ3n) is 2.51. The summed E-state index contributed by atoms with van der Waals surface area (Å²) in [5.74, 6) is 2.01. The molecule has 1 aromatic rings. The predicted molar refractivity (Wildman–Crippen MR) is 64.5 cm³/mol. The van der Waals surface area contributed by atoms with Gasteiger partial charge in [-0.25, -0.2) is 5.26 Å². The van der Waals surface area contributed by atoms with Crippen LogP contribution in [0.4, 0.5) is 0 Å². The lowest BCUT2D eigenvalue weighted by Crippen LogP contribution is -2.45. The fourth-order valence-electron chi connectivity index (χ4n) is 1.55. The number of hydrogen-bond acceptors (Lipinski definition) is 2. The van der Waals surface area contributed by atoms with Crippen LogP contribution < -0.4 is 0 Å². The number of nitriles is 1. The maximum atomic E-state index is 10.0. The van der Waals surface area contributed by atoms with Crippen LogP contribution in [0.25, 0.3) is 0 Å². The molecule has 1 N–H and O–H groups in total. The minimum absolute atomic E-state index is 0.380. The Morgan fingerprint density at radius 1 is 1.38 bits per heavy atom. The number of aryl methyl sites for hydroxylation is 1. The Balaban J connectivity index is 2.69. The van der Waals surface area contributed by atoms with Gasteiger partial charge in [-0.15, -0.1) is 5.97 Å². The number of rotatable bonds is 4. The van der Waals surface area contributed by atoms with Crippen molar-refractivity contribution < 1.29 is 9.50 Å². The Bertz CT molecular complexity index is 381. The van der Waals surface area contributed by atoms with Crippen molar-refractivity contribution in [3.8, 4) is 5.97 Å². The summed E-state index contributed by atoms with van der Waals surface area (Å²) >= 11 is 0. The van der Waals surface area contributed by atoms with Crippen molar-refractivity contribution >= 4 is 7.41 Å². The zero-order valence-corrected chi connectivity index (χ0v) is 10.0. The zero-order valence-electron chi connectivity index (χ0n) is 10.0. The Labute approximate surface area is 97.8 Å². The van der Waals surface area contributed by atoms with Gasteiger partial charge >= 0.3 is 0 Å². The van der Waals surface area contributed by atoms with E-state index >= 15 is 0 Å². The summed E-state index contributed by atoms with van der Waals surface area (Å²) in [4.78, 5) is 0. The summed E-state index contributed by atoms with van der Waals surface area (Å²) in [6.45, 7) is 2.51. The molecule has 1 aromatic carbocycles. The predicted octanol–water partition coefficient (Wildman–Crippen LogP) is 1.21. The second kappa shape index (κ2) is 5.15. The fourth-order valence-corrected chi connectivity index (χ4v) is 1.55. The molecule has 0 aliphatic carbocycles. The molecule has 1 atom stereocenters. The molecule has 0 fully saturated rings. The first kappa shape index (κ1) is 12.8. The van der Waals surface area contributed by atoms with Gasteiger partial charge in [0.05, 0.1) is 6.54 Å². The Morgan fingerprint density at radius 3 is 2.44 bits per heavy atom. The van der Waals surface area contributed by atoms with Crippen LogP contribution in [-0.4, -0.2) is 37.6 Å². The van der Waals surface area contributed by atoms with E-state index in [1.54, 1.807) is 0 Å². The van der Waals surface area contributed by atoms with E-state index in [1.807, 2.05) is 51.3 Å². The Kier molecular flexibility index (Phi) is 4.11. The van der Waals surface area contributed by atoms with Crippen LogP contribution in [-0.2, 0) is 0 Å². The van der Waals surface area contributed by atoms with Crippen molar-refractivity contribution in [1.82, 2.24) is 0 Å². The molecule has 0 bridgehead atoms. The molecule has 3 nitrogen and oxygen atoms in total. The van der Waals surface area contributed by atoms with Crippen molar-refractivity contribution in [3.63, 3.8) is 0 Å². The monoisotopic (exact) mass is 216 g/mol. The average Bonchev–Trinajstić information content (AvgIpc) is 2.17. The van der Waals surface area contributed by atoms with Gasteiger partial charge in [-0.3, -0.25) is 0 Å². The van der Waals surface area contributed by atoms with Gasteiger partial charge in [-0.1, -0.05) is 29.8 Å². The maximum Gasteiger partial charge on any atom is 0.126 e. The lowest BCUT2D eigenvalue weighted by Gasteiger charge is -2.41. The highest BCUT2D eigenvalue weighted by Crippen LogP contribution is 2.16. The third kappa shape index (κ3) is 3.69. The van der Waals surface area contributed by atoms with E-state index in [-0.39, 0.29) is 0 Å². The molecular weight excluding hydrogens is 199 g/mol. The van der Waals surface area contributed by atoms with Gasteiger partial charge in [-0.2, -0.15) is 0 Å². The van der Waals surface area contributed by atoms with Gasteiger partial charge in [0, 0.05) is 14.1 Å². The number of benzene rings is 1. The third-order valence-corrected chi connectivity index (χ3v) is 2.51. The first-order valence-electron chi connectivity index (χ1n) is 5.26. The molecule has 0 aliphatic heterocycles. The molecule has 0 heterocycles. The van der Waals surface area contributed by atoms with Crippen LogP contribution in [0.2, 0.25) is 0 Å². The molecule has 16 heavy (non-hydrogen) atoms. The van der Waals surface area contributed by atoms with E-state index < -0.39 is 6.10 Å². The van der Waals surface area contributed by atoms with Crippen molar-refractivity contribution in [3.05, 3.63) is 35.4 Å². The van der Waals surface area contributed by atoms with Crippen LogP contribution in [0.3, 0.4) is 0 Å². The molecule has 0 amide bonds. The second-order valence-electron chi connectivity index (χ2n) is 4.65. The molecule has 0 aromatic heterocycles. The molecule has 4 heteroatoms. The first-order valence-corrected chi connectivity index (χ1v) is 5.26. The summed E-state index contributed by atoms with van der Waals surface area (Å²) in [6, 6.07) is 7.80.